The van der Waals surface area contributed by atoms with E-state index in [0.717, 1.165) is 36.0 Å². The minimum atomic E-state index is -0.683. The quantitative estimate of drug-likeness (QED) is 0.710. The highest BCUT2D eigenvalue weighted by molar-refractivity contribution is 9.09. The first kappa shape index (κ1) is 18.3. The molecule has 1 aliphatic carbocycles. The van der Waals surface area contributed by atoms with Crippen LogP contribution in [-0.2, 0) is 9.53 Å². The molecule has 0 unspecified atom stereocenters. The zero-order chi connectivity index (χ0) is 16.7. The second-order valence-electron chi connectivity index (χ2n) is 6.14. The van der Waals surface area contributed by atoms with E-state index in [1.165, 1.54) is 6.42 Å². The molecule has 2 atom stereocenters. The maximum atomic E-state index is 12.8. The molecule has 1 saturated carbocycles. The highest BCUT2D eigenvalue weighted by atomic mass is 79.9. The summed E-state index contributed by atoms with van der Waals surface area (Å²) >= 11 is 3.33. The first-order valence-electron chi connectivity index (χ1n) is 8.34. The second kappa shape index (κ2) is 8.69. The minimum Gasteiger partial charge on any atom is -0.493 e. The third-order valence-electron chi connectivity index (χ3n) is 4.25. The van der Waals surface area contributed by atoms with E-state index in [0.29, 0.717) is 19.1 Å². The van der Waals surface area contributed by atoms with Gasteiger partial charge in [0.1, 0.15) is 11.4 Å². The SMILES string of the molecule is CCO[C@@]1(C(=O)Nc2ccc(OCCBr)cc2)CCC[C@H](C)C1. The Morgan fingerprint density at radius 3 is 2.74 bits per heavy atom. The predicted octanol–water partition coefficient (Wildman–Crippen LogP) is 4.38. The number of benzene rings is 1. The Balaban J connectivity index is 2.03. The van der Waals surface area contributed by atoms with Crippen LogP contribution in [0.15, 0.2) is 24.3 Å². The zero-order valence-corrected chi connectivity index (χ0v) is 15.5. The van der Waals surface area contributed by atoms with Crippen molar-refractivity contribution in [1.29, 1.82) is 0 Å². The van der Waals surface area contributed by atoms with Crippen LogP contribution in [-0.4, -0.2) is 30.1 Å². The van der Waals surface area contributed by atoms with Crippen LogP contribution in [0.1, 0.15) is 39.5 Å². The molecule has 1 fully saturated rings. The summed E-state index contributed by atoms with van der Waals surface area (Å²) in [6.45, 7) is 5.32. The average molecular weight is 384 g/mol. The van der Waals surface area contributed by atoms with E-state index in [4.69, 9.17) is 9.47 Å². The van der Waals surface area contributed by atoms with Gasteiger partial charge in [-0.2, -0.15) is 0 Å². The highest BCUT2D eigenvalue weighted by Crippen LogP contribution is 2.36. The molecule has 4 nitrogen and oxygen atoms in total. The lowest BCUT2D eigenvalue weighted by Crippen LogP contribution is -2.48. The monoisotopic (exact) mass is 383 g/mol. The largest absolute Gasteiger partial charge is 0.493 e. The van der Waals surface area contributed by atoms with E-state index in [1.807, 2.05) is 31.2 Å². The third-order valence-corrected chi connectivity index (χ3v) is 4.57. The fraction of sp³-hybridized carbons (Fsp3) is 0.611. The van der Waals surface area contributed by atoms with Crippen LogP contribution in [0.3, 0.4) is 0 Å². The molecule has 0 spiro atoms. The van der Waals surface area contributed by atoms with Crippen LogP contribution >= 0.6 is 15.9 Å². The lowest BCUT2D eigenvalue weighted by Gasteiger charge is -2.38. The van der Waals surface area contributed by atoms with Crippen molar-refractivity contribution < 1.29 is 14.3 Å². The molecule has 2 rings (SSSR count). The van der Waals surface area contributed by atoms with E-state index in [1.54, 1.807) is 0 Å². The summed E-state index contributed by atoms with van der Waals surface area (Å²) < 4.78 is 11.4. The highest BCUT2D eigenvalue weighted by Gasteiger charge is 2.42. The Morgan fingerprint density at radius 1 is 1.39 bits per heavy atom. The van der Waals surface area contributed by atoms with Crippen LogP contribution in [0, 0.1) is 5.92 Å². The summed E-state index contributed by atoms with van der Waals surface area (Å²) in [6, 6.07) is 7.48. The van der Waals surface area contributed by atoms with E-state index in [9.17, 15) is 4.79 Å². The molecule has 23 heavy (non-hydrogen) atoms. The minimum absolute atomic E-state index is 0.0278. The molecule has 1 aromatic rings. The molecular weight excluding hydrogens is 358 g/mol. The smallest absolute Gasteiger partial charge is 0.256 e. The van der Waals surface area contributed by atoms with Crippen LogP contribution < -0.4 is 10.1 Å². The van der Waals surface area contributed by atoms with Gasteiger partial charge in [-0.1, -0.05) is 29.3 Å². The summed E-state index contributed by atoms with van der Waals surface area (Å²) in [7, 11) is 0. The van der Waals surface area contributed by atoms with Crippen molar-refractivity contribution in [2.45, 2.75) is 45.1 Å². The normalized spacial score (nSPS) is 24.2. The van der Waals surface area contributed by atoms with E-state index in [-0.39, 0.29) is 5.91 Å². The molecule has 0 aliphatic heterocycles. The van der Waals surface area contributed by atoms with Gasteiger partial charge in [0, 0.05) is 17.6 Å². The maximum Gasteiger partial charge on any atom is 0.256 e. The number of halogens is 1. The molecule has 1 aromatic carbocycles. The number of carbonyl (C=O) groups is 1. The summed E-state index contributed by atoms with van der Waals surface area (Å²) in [6.07, 6.45) is 3.79. The number of amides is 1. The summed E-state index contributed by atoms with van der Waals surface area (Å²) in [5.74, 6) is 1.29. The molecule has 0 saturated heterocycles. The molecule has 0 bridgehead atoms. The van der Waals surface area contributed by atoms with Gasteiger partial charge in [-0.3, -0.25) is 4.79 Å². The Kier molecular flexibility index (Phi) is 6.90. The maximum absolute atomic E-state index is 12.8. The van der Waals surface area contributed by atoms with Crippen LogP contribution in [0.2, 0.25) is 0 Å². The molecule has 0 radical (unpaired) electrons. The van der Waals surface area contributed by atoms with Gasteiger partial charge in [-0.25, -0.2) is 0 Å². The third kappa shape index (κ3) is 4.95. The second-order valence-corrected chi connectivity index (χ2v) is 6.94. The summed E-state index contributed by atoms with van der Waals surface area (Å²) in [4.78, 5) is 12.8. The van der Waals surface area contributed by atoms with Gasteiger partial charge < -0.3 is 14.8 Å². The lowest BCUT2D eigenvalue weighted by atomic mass is 9.78. The van der Waals surface area contributed by atoms with Crippen molar-refractivity contribution in [2.75, 3.05) is 23.9 Å². The molecule has 1 N–H and O–H groups in total. The van der Waals surface area contributed by atoms with Gasteiger partial charge in [-0.15, -0.1) is 0 Å². The number of hydrogen-bond donors (Lipinski definition) is 1. The van der Waals surface area contributed by atoms with Gasteiger partial charge in [0.25, 0.3) is 5.91 Å². The van der Waals surface area contributed by atoms with Gasteiger partial charge in [-0.05, 0) is 56.4 Å². The Bertz CT molecular complexity index is 501. The molecule has 128 valence electrons. The number of carbonyl (C=O) groups excluding carboxylic acids is 1. The van der Waals surface area contributed by atoms with Crippen molar-refractivity contribution in [2.24, 2.45) is 5.92 Å². The fourth-order valence-corrected chi connectivity index (χ4v) is 3.38. The van der Waals surface area contributed by atoms with Gasteiger partial charge in [0.05, 0.1) is 6.61 Å². The topological polar surface area (TPSA) is 47.6 Å². The van der Waals surface area contributed by atoms with Crippen molar-refractivity contribution in [3.63, 3.8) is 0 Å². The standard InChI is InChI=1S/C18H26BrNO3/c1-3-23-18(10-4-5-14(2)13-18)17(21)20-15-6-8-16(9-7-15)22-12-11-19/h6-9,14H,3-5,10-13H2,1-2H3,(H,20,21)/t14-,18-/m0/s1. The van der Waals surface area contributed by atoms with Crippen molar-refractivity contribution >= 4 is 27.5 Å². The van der Waals surface area contributed by atoms with Gasteiger partial charge >= 0.3 is 0 Å². The first-order valence-corrected chi connectivity index (χ1v) is 9.46. The average Bonchev–Trinajstić information content (AvgIpc) is 2.54. The molecule has 1 amide bonds. The number of rotatable bonds is 7. The number of nitrogens with one attached hydrogen (secondary N) is 1. The summed E-state index contributed by atoms with van der Waals surface area (Å²) in [5.41, 5.74) is 0.0934. The number of hydrogen-bond acceptors (Lipinski definition) is 3. The Hall–Kier alpha value is -1.07. The number of alkyl halides is 1. The molecule has 0 heterocycles. The van der Waals surface area contributed by atoms with E-state index in [2.05, 4.69) is 28.2 Å². The van der Waals surface area contributed by atoms with Gasteiger partial charge in [0.2, 0.25) is 0 Å². The first-order chi connectivity index (χ1) is 11.1. The number of ether oxygens (including phenoxy) is 2. The molecule has 5 heteroatoms. The van der Waals surface area contributed by atoms with Gasteiger partial charge in [0.15, 0.2) is 0 Å². The molecular formula is C18H26BrNO3. The predicted molar refractivity (Wildman–Crippen MR) is 96.3 cm³/mol. The fourth-order valence-electron chi connectivity index (χ4n) is 3.22. The van der Waals surface area contributed by atoms with Crippen LogP contribution in [0.4, 0.5) is 5.69 Å². The molecule has 1 aliphatic rings. The number of anilines is 1. The van der Waals surface area contributed by atoms with Crippen molar-refractivity contribution in [3.05, 3.63) is 24.3 Å². The Labute approximate surface area is 147 Å². The van der Waals surface area contributed by atoms with Crippen molar-refractivity contribution in [3.8, 4) is 5.75 Å². The van der Waals surface area contributed by atoms with E-state index >= 15 is 0 Å². The van der Waals surface area contributed by atoms with E-state index < -0.39 is 5.60 Å². The summed E-state index contributed by atoms with van der Waals surface area (Å²) in [5, 5.41) is 3.80. The Morgan fingerprint density at radius 2 is 2.13 bits per heavy atom. The lowest BCUT2D eigenvalue weighted by molar-refractivity contribution is -0.147. The zero-order valence-electron chi connectivity index (χ0n) is 13.9. The van der Waals surface area contributed by atoms with Crippen molar-refractivity contribution in [1.82, 2.24) is 0 Å². The molecule has 0 aromatic heterocycles. The van der Waals surface area contributed by atoms with Crippen LogP contribution in [0.5, 0.6) is 5.75 Å². The van der Waals surface area contributed by atoms with Crippen LogP contribution in [0.25, 0.3) is 0 Å².